The van der Waals surface area contributed by atoms with Crippen molar-refractivity contribution in [1.29, 1.82) is 0 Å². The summed E-state index contributed by atoms with van der Waals surface area (Å²) in [5.74, 6) is 0.131. The van der Waals surface area contributed by atoms with Gasteiger partial charge in [-0.2, -0.15) is 0 Å². The Morgan fingerprint density at radius 3 is 3.08 bits per heavy atom. The van der Waals surface area contributed by atoms with Crippen LogP contribution in [0.5, 0.6) is 11.5 Å². The molecule has 0 saturated heterocycles. The van der Waals surface area contributed by atoms with Crippen LogP contribution < -0.4 is 14.8 Å². The van der Waals surface area contributed by atoms with Gasteiger partial charge in [-0.25, -0.2) is 0 Å². The van der Waals surface area contributed by atoms with E-state index in [1.807, 2.05) is 24.3 Å². The Morgan fingerprint density at radius 1 is 1.29 bits per heavy atom. The van der Waals surface area contributed by atoms with Crippen molar-refractivity contribution in [1.82, 2.24) is 5.32 Å². The number of amides is 1. The maximum atomic E-state index is 12.5. The van der Waals surface area contributed by atoms with Gasteiger partial charge in [0.2, 0.25) is 12.7 Å². The molecule has 3 aliphatic rings. The normalized spacial score (nSPS) is 24.3. The Hall–Kier alpha value is -2.63. The van der Waals surface area contributed by atoms with E-state index >= 15 is 0 Å². The second-order valence-corrected chi connectivity index (χ2v) is 6.15. The Morgan fingerprint density at radius 2 is 2.17 bits per heavy atom. The second kappa shape index (κ2) is 6.11. The Balaban J connectivity index is 1.42. The first-order valence-electron chi connectivity index (χ1n) is 8.16. The number of hydrogen-bond acceptors (Lipinski definition) is 5. The molecule has 4 rings (SSSR count). The van der Waals surface area contributed by atoms with Crippen LogP contribution in [0.2, 0.25) is 0 Å². The van der Waals surface area contributed by atoms with Crippen molar-refractivity contribution in [2.45, 2.75) is 31.8 Å². The first-order valence-corrected chi connectivity index (χ1v) is 8.16. The standard InChI is InChI=1S/C18H18N2O4/c21-17-12-3-1-2-4-14(12)19-9-13(17)18(22)20-8-11-5-6-15-16(7-11)24-10-23-15/h3,5-7,9,13-14H,1-2,4,8,10H2,(H,20,22). The number of hydrogen-bond donors (Lipinski definition) is 1. The minimum Gasteiger partial charge on any atom is -0.454 e. The van der Waals surface area contributed by atoms with Crippen molar-refractivity contribution in [3.63, 3.8) is 0 Å². The van der Waals surface area contributed by atoms with E-state index < -0.39 is 5.92 Å². The highest BCUT2D eigenvalue weighted by atomic mass is 16.7. The number of fused-ring (bicyclic) bond motifs is 2. The zero-order valence-electron chi connectivity index (χ0n) is 13.2. The Labute approximate surface area is 139 Å². The number of rotatable bonds is 3. The largest absolute Gasteiger partial charge is 0.454 e. The monoisotopic (exact) mass is 326 g/mol. The van der Waals surface area contributed by atoms with Crippen molar-refractivity contribution in [3.8, 4) is 11.5 Å². The average molecular weight is 326 g/mol. The number of benzene rings is 1. The molecule has 1 aliphatic carbocycles. The van der Waals surface area contributed by atoms with Crippen LogP contribution >= 0.6 is 0 Å². The number of nitrogens with zero attached hydrogens (tertiary/aromatic N) is 1. The van der Waals surface area contributed by atoms with E-state index in [-0.39, 0.29) is 24.5 Å². The van der Waals surface area contributed by atoms with Crippen LogP contribution in [0.25, 0.3) is 0 Å². The molecule has 0 bridgehead atoms. The predicted octanol–water partition coefficient (Wildman–Crippen LogP) is 1.78. The van der Waals surface area contributed by atoms with Gasteiger partial charge in [0.15, 0.2) is 17.3 Å². The molecule has 0 radical (unpaired) electrons. The maximum Gasteiger partial charge on any atom is 0.236 e. The number of nitrogens with one attached hydrogen (secondary N) is 1. The summed E-state index contributed by atoms with van der Waals surface area (Å²) in [7, 11) is 0. The number of ketones is 1. The molecule has 0 fully saturated rings. The number of carbonyl (C=O) groups excluding carboxylic acids is 2. The first kappa shape index (κ1) is 14.9. The molecule has 0 saturated carbocycles. The van der Waals surface area contributed by atoms with E-state index in [4.69, 9.17) is 9.47 Å². The van der Waals surface area contributed by atoms with Crippen LogP contribution in [0.15, 0.2) is 34.8 Å². The number of allylic oxidation sites excluding steroid dienone is 1. The molecule has 1 aromatic carbocycles. The van der Waals surface area contributed by atoms with Crippen molar-refractivity contribution in [2.24, 2.45) is 10.9 Å². The van der Waals surface area contributed by atoms with Gasteiger partial charge < -0.3 is 14.8 Å². The summed E-state index contributed by atoms with van der Waals surface area (Å²) in [5.41, 5.74) is 1.59. The first-order chi connectivity index (χ1) is 11.7. The van der Waals surface area contributed by atoms with Gasteiger partial charge in [-0.15, -0.1) is 0 Å². The molecule has 1 amide bonds. The van der Waals surface area contributed by atoms with Crippen molar-refractivity contribution >= 4 is 17.9 Å². The Bertz CT molecular complexity index is 753. The lowest BCUT2D eigenvalue weighted by Gasteiger charge is -2.26. The van der Waals surface area contributed by atoms with E-state index in [9.17, 15) is 9.59 Å². The molecule has 2 aliphatic heterocycles. The minimum absolute atomic E-state index is 0.0517. The summed E-state index contributed by atoms with van der Waals surface area (Å²) in [4.78, 5) is 29.3. The molecular weight excluding hydrogens is 308 g/mol. The summed E-state index contributed by atoms with van der Waals surface area (Å²) in [6, 6.07) is 5.46. The summed E-state index contributed by atoms with van der Waals surface area (Å²) in [6.07, 6.45) is 6.26. The third-order valence-corrected chi connectivity index (χ3v) is 4.57. The molecule has 24 heavy (non-hydrogen) atoms. The third-order valence-electron chi connectivity index (χ3n) is 4.57. The third kappa shape index (κ3) is 2.68. The lowest BCUT2D eigenvalue weighted by molar-refractivity contribution is -0.129. The van der Waals surface area contributed by atoms with Gasteiger partial charge in [0.25, 0.3) is 0 Å². The lowest BCUT2D eigenvalue weighted by Crippen LogP contribution is -2.41. The van der Waals surface area contributed by atoms with Crippen molar-refractivity contribution in [3.05, 3.63) is 35.4 Å². The molecule has 124 valence electrons. The average Bonchev–Trinajstić information content (AvgIpc) is 3.08. The van der Waals surface area contributed by atoms with Crippen LogP contribution in [0.3, 0.4) is 0 Å². The molecule has 2 heterocycles. The minimum atomic E-state index is -0.820. The van der Waals surface area contributed by atoms with Crippen LogP contribution in [0.4, 0.5) is 0 Å². The fraction of sp³-hybridized carbons (Fsp3) is 0.389. The molecule has 1 aromatic rings. The van der Waals surface area contributed by atoms with Gasteiger partial charge in [0.1, 0.15) is 5.92 Å². The zero-order valence-corrected chi connectivity index (χ0v) is 13.2. The van der Waals surface area contributed by atoms with E-state index in [1.54, 1.807) is 0 Å². The molecular formula is C18H18N2O4. The van der Waals surface area contributed by atoms with Crippen LogP contribution in [-0.4, -0.2) is 30.7 Å². The summed E-state index contributed by atoms with van der Waals surface area (Å²) < 4.78 is 10.6. The Kier molecular flexibility index (Phi) is 3.80. The highest BCUT2D eigenvalue weighted by Gasteiger charge is 2.35. The fourth-order valence-corrected chi connectivity index (χ4v) is 3.25. The zero-order chi connectivity index (χ0) is 16.5. The fourth-order valence-electron chi connectivity index (χ4n) is 3.25. The molecule has 0 aromatic heterocycles. The van der Waals surface area contributed by atoms with Gasteiger partial charge >= 0.3 is 0 Å². The maximum absolute atomic E-state index is 12.5. The van der Waals surface area contributed by atoms with Crippen LogP contribution in [0, 0.1) is 5.92 Å². The van der Waals surface area contributed by atoms with E-state index in [0.29, 0.717) is 23.6 Å². The van der Waals surface area contributed by atoms with Crippen LogP contribution in [0.1, 0.15) is 24.8 Å². The predicted molar refractivity (Wildman–Crippen MR) is 87.1 cm³/mol. The molecule has 6 heteroatoms. The highest BCUT2D eigenvalue weighted by Crippen LogP contribution is 2.32. The number of Topliss-reactive ketones (excluding diaryl/α,β-unsaturated/α-hetero) is 1. The summed E-state index contributed by atoms with van der Waals surface area (Å²) >= 11 is 0. The SMILES string of the molecule is O=C(NCc1ccc2c(c1)OCO2)C1C=NC2CCCC=C2C1=O. The van der Waals surface area contributed by atoms with E-state index in [0.717, 1.165) is 24.8 Å². The smallest absolute Gasteiger partial charge is 0.236 e. The van der Waals surface area contributed by atoms with E-state index in [1.165, 1.54) is 6.21 Å². The number of ether oxygens (including phenoxy) is 2. The number of aliphatic imine (C=N–C) groups is 1. The van der Waals surface area contributed by atoms with Gasteiger partial charge in [-0.3, -0.25) is 14.6 Å². The molecule has 2 unspecified atom stereocenters. The lowest BCUT2D eigenvalue weighted by atomic mass is 9.84. The van der Waals surface area contributed by atoms with Gasteiger partial charge in [0.05, 0.1) is 6.04 Å². The van der Waals surface area contributed by atoms with Crippen molar-refractivity contribution in [2.75, 3.05) is 6.79 Å². The highest BCUT2D eigenvalue weighted by molar-refractivity contribution is 6.21. The topological polar surface area (TPSA) is 77.0 Å². The molecule has 0 spiro atoms. The molecule has 6 nitrogen and oxygen atoms in total. The van der Waals surface area contributed by atoms with Gasteiger partial charge in [0, 0.05) is 18.3 Å². The number of carbonyl (C=O) groups is 2. The van der Waals surface area contributed by atoms with Gasteiger partial charge in [-0.05, 0) is 37.0 Å². The van der Waals surface area contributed by atoms with Gasteiger partial charge in [-0.1, -0.05) is 12.1 Å². The summed E-state index contributed by atoms with van der Waals surface area (Å²) in [6.45, 7) is 0.546. The molecule has 2 atom stereocenters. The quantitative estimate of drug-likeness (QED) is 0.859. The van der Waals surface area contributed by atoms with E-state index in [2.05, 4.69) is 10.3 Å². The van der Waals surface area contributed by atoms with Crippen LogP contribution in [-0.2, 0) is 16.1 Å². The molecule has 1 N–H and O–H groups in total. The second-order valence-electron chi connectivity index (χ2n) is 6.15. The van der Waals surface area contributed by atoms with Crippen molar-refractivity contribution < 1.29 is 19.1 Å². The summed E-state index contributed by atoms with van der Waals surface area (Å²) in [5, 5.41) is 2.81.